The molecule has 2 rings (SSSR count). The Labute approximate surface area is 82.1 Å². The normalized spacial score (nSPS) is 18.6. The average Bonchev–Trinajstić information content (AvgIpc) is 2.62. The first-order valence-electron chi connectivity index (χ1n) is 4.76. The van der Waals surface area contributed by atoms with E-state index >= 15 is 0 Å². The molecule has 1 amide bonds. The highest BCUT2D eigenvalue weighted by Crippen LogP contribution is 2.28. The maximum absolute atomic E-state index is 11.6. The third-order valence-electron chi connectivity index (χ3n) is 2.70. The molecule has 0 aromatic carbocycles. The number of nitrogens with zero attached hydrogens (tertiary/aromatic N) is 1. The zero-order valence-corrected chi connectivity index (χ0v) is 7.92. The number of aromatic amines is 1. The quantitative estimate of drug-likeness (QED) is 0.628. The van der Waals surface area contributed by atoms with Crippen molar-refractivity contribution < 1.29 is 4.79 Å². The number of carbonyl (C=O) groups is 1. The number of amides is 1. The van der Waals surface area contributed by atoms with Crippen molar-refractivity contribution in [3.05, 3.63) is 18.0 Å². The largest absolute Gasteiger partial charge is 0.349 e. The van der Waals surface area contributed by atoms with Crippen LogP contribution in [0.2, 0.25) is 0 Å². The van der Waals surface area contributed by atoms with E-state index in [0.29, 0.717) is 6.54 Å². The first-order chi connectivity index (χ1) is 6.71. The van der Waals surface area contributed by atoms with Crippen molar-refractivity contribution in [3.8, 4) is 0 Å². The Morgan fingerprint density at radius 1 is 1.71 bits per heavy atom. The van der Waals surface area contributed by atoms with E-state index in [1.165, 1.54) is 0 Å². The van der Waals surface area contributed by atoms with E-state index in [0.717, 1.165) is 25.0 Å². The summed E-state index contributed by atoms with van der Waals surface area (Å²) in [7, 11) is 0. The van der Waals surface area contributed by atoms with Crippen molar-refractivity contribution in [2.75, 3.05) is 0 Å². The number of rotatable bonds is 3. The van der Waals surface area contributed by atoms with Crippen molar-refractivity contribution in [2.45, 2.75) is 31.3 Å². The summed E-state index contributed by atoms with van der Waals surface area (Å²) in [5, 5.41) is 9.36. The van der Waals surface area contributed by atoms with Gasteiger partial charge in [-0.15, -0.1) is 0 Å². The lowest BCUT2D eigenvalue weighted by Crippen LogP contribution is -2.58. The topological polar surface area (TPSA) is 83.8 Å². The SMILES string of the molecule is NC1(C(=O)NCc2ccn[nH]2)CCC1. The van der Waals surface area contributed by atoms with E-state index in [9.17, 15) is 4.79 Å². The van der Waals surface area contributed by atoms with Crippen LogP contribution in [0.4, 0.5) is 0 Å². The Bertz CT molecular complexity index is 316. The molecule has 14 heavy (non-hydrogen) atoms. The number of carbonyl (C=O) groups excluding carboxylic acids is 1. The Hall–Kier alpha value is -1.36. The predicted octanol–water partition coefficient (Wildman–Crippen LogP) is -0.0927. The molecule has 5 heteroatoms. The van der Waals surface area contributed by atoms with E-state index in [1.807, 2.05) is 6.07 Å². The van der Waals surface area contributed by atoms with E-state index in [4.69, 9.17) is 5.73 Å². The molecule has 0 atom stereocenters. The van der Waals surface area contributed by atoms with Gasteiger partial charge in [-0.3, -0.25) is 9.89 Å². The molecule has 4 N–H and O–H groups in total. The second-order valence-electron chi connectivity index (χ2n) is 3.77. The minimum atomic E-state index is -0.611. The summed E-state index contributed by atoms with van der Waals surface area (Å²) < 4.78 is 0. The van der Waals surface area contributed by atoms with Gasteiger partial charge in [-0.05, 0) is 25.3 Å². The zero-order valence-electron chi connectivity index (χ0n) is 7.92. The van der Waals surface area contributed by atoms with Crippen LogP contribution in [0.15, 0.2) is 12.3 Å². The third kappa shape index (κ3) is 1.63. The van der Waals surface area contributed by atoms with E-state index < -0.39 is 5.54 Å². The molecule has 0 aliphatic heterocycles. The van der Waals surface area contributed by atoms with Gasteiger partial charge in [0, 0.05) is 6.20 Å². The van der Waals surface area contributed by atoms with Gasteiger partial charge < -0.3 is 11.1 Å². The number of hydrogen-bond donors (Lipinski definition) is 3. The van der Waals surface area contributed by atoms with Crippen molar-refractivity contribution in [1.82, 2.24) is 15.5 Å². The van der Waals surface area contributed by atoms with Crippen LogP contribution in [-0.4, -0.2) is 21.6 Å². The maximum Gasteiger partial charge on any atom is 0.240 e. The molecule has 76 valence electrons. The molecule has 1 aliphatic rings. The van der Waals surface area contributed by atoms with Crippen LogP contribution in [0.3, 0.4) is 0 Å². The summed E-state index contributed by atoms with van der Waals surface area (Å²) in [6.07, 6.45) is 4.29. The first-order valence-corrected chi connectivity index (χ1v) is 4.76. The molecule has 1 heterocycles. The van der Waals surface area contributed by atoms with Crippen LogP contribution in [0, 0.1) is 0 Å². The van der Waals surface area contributed by atoms with Gasteiger partial charge in [0.25, 0.3) is 0 Å². The smallest absolute Gasteiger partial charge is 0.240 e. The minimum Gasteiger partial charge on any atom is -0.349 e. The van der Waals surface area contributed by atoms with Crippen molar-refractivity contribution >= 4 is 5.91 Å². The van der Waals surface area contributed by atoms with Gasteiger partial charge >= 0.3 is 0 Å². The van der Waals surface area contributed by atoms with Crippen molar-refractivity contribution in [1.29, 1.82) is 0 Å². The van der Waals surface area contributed by atoms with E-state index in [1.54, 1.807) is 6.20 Å². The third-order valence-corrected chi connectivity index (χ3v) is 2.70. The summed E-state index contributed by atoms with van der Waals surface area (Å²) in [6.45, 7) is 0.470. The minimum absolute atomic E-state index is 0.0571. The summed E-state index contributed by atoms with van der Waals surface area (Å²) in [5.41, 5.74) is 6.13. The van der Waals surface area contributed by atoms with Crippen LogP contribution in [0.5, 0.6) is 0 Å². The fourth-order valence-electron chi connectivity index (χ4n) is 1.52. The van der Waals surface area contributed by atoms with Gasteiger partial charge in [-0.2, -0.15) is 5.10 Å². The monoisotopic (exact) mass is 194 g/mol. The van der Waals surface area contributed by atoms with E-state index in [-0.39, 0.29) is 5.91 Å². The lowest BCUT2D eigenvalue weighted by Gasteiger charge is -2.36. The predicted molar refractivity (Wildman–Crippen MR) is 51.2 cm³/mol. The number of nitrogens with one attached hydrogen (secondary N) is 2. The molecule has 1 aliphatic carbocycles. The Morgan fingerprint density at radius 2 is 2.50 bits per heavy atom. The summed E-state index contributed by atoms with van der Waals surface area (Å²) in [4.78, 5) is 11.6. The van der Waals surface area contributed by atoms with Crippen LogP contribution in [-0.2, 0) is 11.3 Å². The van der Waals surface area contributed by atoms with Crippen LogP contribution < -0.4 is 11.1 Å². The molecular formula is C9H14N4O. The Kier molecular flexibility index (Phi) is 2.25. The van der Waals surface area contributed by atoms with Gasteiger partial charge in [0.05, 0.1) is 17.8 Å². The fraction of sp³-hybridized carbons (Fsp3) is 0.556. The van der Waals surface area contributed by atoms with Gasteiger partial charge in [0.1, 0.15) is 0 Å². The van der Waals surface area contributed by atoms with Gasteiger partial charge in [-0.25, -0.2) is 0 Å². The molecule has 0 spiro atoms. The molecule has 1 aromatic heterocycles. The highest BCUT2D eigenvalue weighted by molar-refractivity contribution is 5.86. The standard InChI is InChI=1S/C9H14N4O/c10-9(3-1-4-9)8(14)11-6-7-2-5-12-13-7/h2,5H,1,3-4,6,10H2,(H,11,14)(H,12,13). The molecule has 1 saturated carbocycles. The van der Waals surface area contributed by atoms with Crippen molar-refractivity contribution in [3.63, 3.8) is 0 Å². The second kappa shape index (κ2) is 3.42. The second-order valence-corrected chi connectivity index (χ2v) is 3.77. The molecule has 0 unspecified atom stereocenters. The lowest BCUT2D eigenvalue weighted by molar-refractivity contribution is -0.129. The maximum atomic E-state index is 11.6. The van der Waals surface area contributed by atoms with Crippen molar-refractivity contribution in [2.24, 2.45) is 5.73 Å². The summed E-state index contributed by atoms with van der Waals surface area (Å²) >= 11 is 0. The number of nitrogens with two attached hydrogens (primary N) is 1. The zero-order chi connectivity index (χ0) is 10.0. The van der Waals surface area contributed by atoms with Gasteiger partial charge in [0.15, 0.2) is 0 Å². The van der Waals surface area contributed by atoms with Crippen LogP contribution in [0.1, 0.15) is 25.0 Å². The number of hydrogen-bond acceptors (Lipinski definition) is 3. The fourth-order valence-corrected chi connectivity index (χ4v) is 1.52. The summed E-state index contributed by atoms with van der Waals surface area (Å²) in [5.74, 6) is -0.0571. The Morgan fingerprint density at radius 3 is 3.00 bits per heavy atom. The molecule has 0 radical (unpaired) electrons. The first kappa shape index (κ1) is 9.21. The lowest BCUT2D eigenvalue weighted by atomic mass is 9.77. The van der Waals surface area contributed by atoms with Gasteiger partial charge in [0.2, 0.25) is 5.91 Å². The number of H-pyrrole nitrogens is 1. The highest BCUT2D eigenvalue weighted by Gasteiger charge is 2.39. The Balaban J connectivity index is 1.84. The molecule has 1 aromatic rings. The van der Waals surface area contributed by atoms with Crippen LogP contribution in [0.25, 0.3) is 0 Å². The van der Waals surface area contributed by atoms with Crippen LogP contribution >= 0.6 is 0 Å². The van der Waals surface area contributed by atoms with Gasteiger partial charge in [-0.1, -0.05) is 0 Å². The molecular weight excluding hydrogens is 180 g/mol. The van der Waals surface area contributed by atoms with E-state index in [2.05, 4.69) is 15.5 Å². The molecule has 5 nitrogen and oxygen atoms in total. The average molecular weight is 194 g/mol. The summed E-state index contributed by atoms with van der Waals surface area (Å²) in [6, 6.07) is 1.82. The number of aromatic nitrogens is 2. The highest BCUT2D eigenvalue weighted by atomic mass is 16.2. The molecule has 0 bridgehead atoms. The molecule has 1 fully saturated rings. The molecule has 0 saturated heterocycles.